The summed E-state index contributed by atoms with van der Waals surface area (Å²) in [6.07, 6.45) is 4.80. The topological polar surface area (TPSA) is 91.0 Å². The summed E-state index contributed by atoms with van der Waals surface area (Å²) in [5, 5.41) is 3.11. The van der Waals surface area contributed by atoms with Crippen LogP contribution in [-0.2, 0) is 11.2 Å². The number of piperidine rings is 1. The van der Waals surface area contributed by atoms with Crippen LogP contribution in [-0.4, -0.2) is 45.4 Å². The molecule has 2 aromatic heterocycles. The Kier molecular flexibility index (Phi) is 6.63. The molecule has 0 radical (unpaired) electrons. The second-order valence-electron chi connectivity index (χ2n) is 8.42. The molecule has 0 spiro atoms. The molecule has 4 rings (SSSR count). The van der Waals surface area contributed by atoms with Gasteiger partial charge in [-0.2, -0.15) is 0 Å². The van der Waals surface area contributed by atoms with Gasteiger partial charge in [0.15, 0.2) is 0 Å². The molecule has 3 heterocycles. The van der Waals surface area contributed by atoms with Crippen molar-refractivity contribution in [2.24, 2.45) is 5.92 Å². The van der Waals surface area contributed by atoms with Crippen LogP contribution in [0.5, 0.6) is 0 Å². The monoisotopic (exact) mass is 431 g/mol. The molecule has 0 unspecified atom stereocenters. The van der Waals surface area contributed by atoms with Crippen molar-refractivity contribution in [3.05, 3.63) is 75.8 Å². The largest absolute Gasteiger partial charge is 0.361 e. The van der Waals surface area contributed by atoms with E-state index in [-0.39, 0.29) is 18.0 Å². The first-order chi connectivity index (χ1) is 15.5. The number of hydrogen-bond donors (Lipinski definition) is 2. The standard InChI is InChI=1S/C25H29N5O2/c1-17-18(2)28-24(29-25(17)32)21-8-9-22(26-15-21)27-16-23(31)30-12-10-20(11-13-30)14-19-6-4-3-5-7-19/h3-9,15,20H,10-14,16H2,1-2H3,(H,26,27)(H,28,29,32). The molecule has 32 heavy (non-hydrogen) atoms. The third-order valence-electron chi connectivity index (χ3n) is 6.19. The normalized spacial score (nSPS) is 14.4. The lowest BCUT2D eigenvalue weighted by molar-refractivity contribution is -0.130. The molecule has 1 aromatic carbocycles. The fourth-order valence-electron chi connectivity index (χ4n) is 4.03. The van der Waals surface area contributed by atoms with Crippen LogP contribution in [0, 0.1) is 19.8 Å². The lowest BCUT2D eigenvalue weighted by atomic mass is 9.90. The molecule has 0 bridgehead atoms. The van der Waals surface area contributed by atoms with Gasteiger partial charge in [-0.1, -0.05) is 30.3 Å². The highest BCUT2D eigenvalue weighted by Crippen LogP contribution is 2.22. The number of carbonyl (C=O) groups excluding carboxylic acids is 1. The lowest BCUT2D eigenvalue weighted by Crippen LogP contribution is -2.41. The van der Waals surface area contributed by atoms with Crippen molar-refractivity contribution in [3.63, 3.8) is 0 Å². The zero-order chi connectivity index (χ0) is 22.5. The predicted octanol–water partition coefficient (Wildman–Crippen LogP) is 3.34. The maximum atomic E-state index is 12.6. The van der Waals surface area contributed by atoms with Crippen LogP contribution in [0.2, 0.25) is 0 Å². The minimum Gasteiger partial charge on any atom is -0.361 e. The van der Waals surface area contributed by atoms with Gasteiger partial charge in [0, 0.05) is 36.1 Å². The second kappa shape index (κ2) is 9.77. The highest BCUT2D eigenvalue weighted by atomic mass is 16.2. The maximum absolute atomic E-state index is 12.6. The molecule has 3 aromatic rings. The van der Waals surface area contributed by atoms with Gasteiger partial charge in [0.2, 0.25) is 5.91 Å². The smallest absolute Gasteiger partial charge is 0.254 e. The van der Waals surface area contributed by atoms with E-state index in [1.54, 1.807) is 19.2 Å². The van der Waals surface area contributed by atoms with Crippen LogP contribution in [0.25, 0.3) is 11.4 Å². The number of carbonyl (C=O) groups is 1. The molecule has 166 valence electrons. The number of aromatic amines is 1. The summed E-state index contributed by atoms with van der Waals surface area (Å²) in [5.74, 6) is 1.84. The molecule has 2 N–H and O–H groups in total. The Balaban J connectivity index is 1.27. The first kappa shape index (κ1) is 21.7. The lowest BCUT2D eigenvalue weighted by Gasteiger charge is -2.32. The fourth-order valence-corrected chi connectivity index (χ4v) is 4.03. The van der Waals surface area contributed by atoms with Gasteiger partial charge in [0.25, 0.3) is 5.56 Å². The van der Waals surface area contributed by atoms with Crippen molar-refractivity contribution in [1.29, 1.82) is 0 Å². The number of aryl methyl sites for hydroxylation is 1. The van der Waals surface area contributed by atoms with E-state index in [9.17, 15) is 9.59 Å². The molecule has 0 aliphatic carbocycles. The Labute approximate surface area is 187 Å². The first-order valence-corrected chi connectivity index (χ1v) is 11.1. The third-order valence-corrected chi connectivity index (χ3v) is 6.19. The van der Waals surface area contributed by atoms with Crippen LogP contribution in [0.3, 0.4) is 0 Å². The summed E-state index contributed by atoms with van der Waals surface area (Å²) < 4.78 is 0. The Bertz CT molecular complexity index is 1120. The predicted molar refractivity (Wildman–Crippen MR) is 126 cm³/mol. The molecule has 1 fully saturated rings. The zero-order valence-corrected chi connectivity index (χ0v) is 18.6. The van der Waals surface area contributed by atoms with E-state index in [1.807, 2.05) is 24.0 Å². The number of benzene rings is 1. The Morgan fingerprint density at radius 1 is 1.12 bits per heavy atom. The molecule has 1 aliphatic rings. The van der Waals surface area contributed by atoms with Crippen LogP contribution in [0.1, 0.15) is 29.7 Å². The van der Waals surface area contributed by atoms with Gasteiger partial charge in [-0.15, -0.1) is 0 Å². The molecular formula is C25H29N5O2. The molecule has 7 heteroatoms. The zero-order valence-electron chi connectivity index (χ0n) is 18.6. The van der Waals surface area contributed by atoms with Gasteiger partial charge < -0.3 is 15.2 Å². The molecule has 0 atom stereocenters. The van der Waals surface area contributed by atoms with Crippen molar-refractivity contribution in [1.82, 2.24) is 19.9 Å². The van der Waals surface area contributed by atoms with Gasteiger partial charge in [-0.25, -0.2) is 9.97 Å². The summed E-state index contributed by atoms with van der Waals surface area (Å²) in [5.41, 5.74) is 3.26. The number of anilines is 1. The quantitative estimate of drug-likeness (QED) is 0.625. The molecule has 1 amide bonds. The van der Waals surface area contributed by atoms with Crippen LogP contribution >= 0.6 is 0 Å². The molecule has 7 nitrogen and oxygen atoms in total. The van der Waals surface area contributed by atoms with E-state index in [4.69, 9.17) is 0 Å². The number of nitrogens with one attached hydrogen (secondary N) is 2. The van der Waals surface area contributed by atoms with E-state index in [0.717, 1.165) is 37.9 Å². The van der Waals surface area contributed by atoms with E-state index < -0.39 is 0 Å². The summed E-state index contributed by atoms with van der Waals surface area (Å²) in [6.45, 7) is 5.38. The number of likely N-dealkylation sites (tertiary alicyclic amines) is 1. The minimum absolute atomic E-state index is 0.0918. The summed E-state index contributed by atoms with van der Waals surface area (Å²) in [4.78, 5) is 38.1. The molecule has 0 saturated carbocycles. The van der Waals surface area contributed by atoms with Crippen molar-refractivity contribution in [2.45, 2.75) is 33.1 Å². The van der Waals surface area contributed by atoms with Gasteiger partial charge in [-0.3, -0.25) is 9.59 Å². The highest BCUT2D eigenvalue weighted by molar-refractivity contribution is 5.80. The molecular weight excluding hydrogens is 402 g/mol. The Morgan fingerprint density at radius 3 is 2.53 bits per heavy atom. The third kappa shape index (κ3) is 5.22. The van der Waals surface area contributed by atoms with E-state index in [0.29, 0.717) is 28.8 Å². The highest BCUT2D eigenvalue weighted by Gasteiger charge is 2.22. The van der Waals surface area contributed by atoms with E-state index >= 15 is 0 Å². The van der Waals surface area contributed by atoms with Gasteiger partial charge in [0.05, 0.1) is 6.54 Å². The van der Waals surface area contributed by atoms with Gasteiger partial charge in [0.1, 0.15) is 11.6 Å². The second-order valence-corrected chi connectivity index (χ2v) is 8.42. The van der Waals surface area contributed by atoms with Crippen LogP contribution in [0.4, 0.5) is 5.82 Å². The molecule has 1 saturated heterocycles. The van der Waals surface area contributed by atoms with Crippen molar-refractivity contribution in [2.75, 3.05) is 25.0 Å². The maximum Gasteiger partial charge on any atom is 0.254 e. The summed E-state index contributed by atoms with van der Waals surface area (Å²) in [7, 11) is 0. The number of rotatable bonds is 6. The van der Waals surface area contributed by atoms with Gasteiger partial charge >= 0.3 is 0 Å². The Morgan fingerprint density at radius 2 is 1.88 bits per heavy atom. The average Bonchev–Trinajstić information content (AvgIpc) is 2.82. The van der Waals surface area contributed by atoms with Crippen molar-refractivity contribution >= 4 is 11.7 Å². The van der Waals surface area contributed by atoms with Crippen molar-refractivity contribution in [3.8, 4) is 11.4 Å². The van der Waals surface area contributed by atoms with Crippen LogP contribution in [0.15, 0.2) is 53.5 Å². The van der Waals surface area contributed by atoms with E-state index in [2.05, 4.69) is 44.5 Å². The average molecular weight is 432 g/mol. The number of hydrogen-bond acceptors (Lipinski definition) is 5. The number of H-pyrrole nitrogens is 1. The molecule has 1 aliphatic heterocycles. The number of aromatic nitrogens is 3. The van der Waals surface area contributed by atoms with E-state index in [1.165, 1.54) is 5.56 Å². The SMILES string of the molecule is Cc1nc(-c2ccc(NCC(=O)N3CCC(Cc4ccccc4)CC3)nc2)[nH]c(=O)c1C. The summed E-state index contributed by atoms with van der Waals surface area (Å²) in [6, 6.07) is 14.2. The Hall–Kier alpha value is -3.48. The van der Waals surface area contributed by atoms with Crippen LogP contribution < -0.4 is 10.9 Å². The first-order valence-electron chi connectivity index (χ1n) is 11.1. The minimum atomic E-state index is -0.146. The fraction of sp³-hybridized carbons (Fsp3) is 0.360. The number of nitrogens with zero attached hydrogens (tertiary/aromatic N) is 3. The number of pyridine rings is 1. The van der Waals surface area contributed by atoms with Gasteiger partial charge in [-0.05, 0) is 56.7 Å². The van der Waals surface area contributed by atoms with Crippen molar-refractivity contribution < 1.29 is 4.79 Å². The summed E-state index contributed by atoms with van der Waals surface area (Å²) >= 11 is 0. The number of amides is 1.